The van der Waals surface area contributed by atoms with Gasteiger partial charge in [-0.2, -0.15) is 5.10 Å². The predicted molar refractivity (Wildman–Crippen MR) is 106 cm³/mol. The van der Waals surface area contributed by atoms with E-state index in [2.05, 4.69) is 31.3 Å². The van der Waals surface area contributed by atoms with Crippen molar-refractivity contribution in [1.29, 1.82) is 0 Å². The first-order valence-corrected chi connectivity index (χ1v) is 8.89. The van der Waals surface area contributed by atoms with Crippen molar-refractivity contribution in [3.63, 3.8) is 0 Å². The molecule has 1 aliphatic heterocycles. The minimum atomic E-state index is -0.885. The number of benzene rings is 2. The molecule has 0 bridgehead atoms. The lowest BCUT2D eigenvalue weighted by Crippen LogP contribution is -2.42. The largest absolute Gasteiger partial charge is 0.502 e. The maximum atomic E-state index is 12.3. The predicted octanol–water partition coefficient (Wildman–Crippen LogP) is 2.89. The molecule has 29 heavy (non-hydrogen) atoms. The van der Waals surface area contributed by atoms with Gasteiger partial charge in [-0.3, -0.25) is 14.9 Å². The third kappa shape index (κ3) is 4.63. The van der Waals surface area contributed by atoms with Crippen LogP contribution in [0.15, 0.2) is 41.5 Å². The first-order chi connectivity index (χ1) is 13.6. The molecule has 0 spiro atoms. The van der Waals surface area contributed by atoms with E-state index in [-0.39, 0.29) is 12.0 Å². The first-order valence-electron chi connectivity index (χ1n) is 8.89. The molecule has 0 radical (unpaired) electrons. The molecule has 0 saturated carbocycles. The van der Waals surface area contributed by atoms with Gasteiger partial charge < -0.3 is 14.6 Å². The number of amides is 1. The summed E-state index contributed by atoms with van der Waals surface area (Å²) >= 11 is 0. The van der Waals surface area contributed by atoms with E-state index in [0.29, 0.717) is 17.1 Å². The molecule has 0 aliphatic carbocycles. The van der Waals surface area contributed by atoms with Crippen LogP contribution in [0.25, 0.3) is 0 Å². The van der Waals surface area contributed by atoms with Crippen molar-refractivity contribution in [3.8, 4) is 17.2 Å². The lowest BCUT2D eigenvalue weighted by atomic mass is 9.87. The first kappa shape index (κ1) is 20.1. The number of rotatable bonds is 4. The molecule has 1 amide bonds. The van der Waals surface area contributed by atoms with Crippen molar-refractivity contribution in [1.82, 2.24) is 5.43 Å². The number of fused-ring (bicyclic) bond motifs is 1. The van der Waals surface area contributed by atoms with Crippen molar-refractivity contribution >= 4 is 17.8 Å². The van der Waals surface area contributed by atoms with Crippen LogP contribution in [-0.4, -0.2) is 34.9 Å². The minimum absolute atomic E-state index is 0.0356. The smallest absolute Gasteiger partial charge is 0.311 e. The summed E-state index contributed by atoms with van der Waals surface area (Å²) in [5.41, 5.74) is 3.20. The molecule has 2 N–H and O–H groups in total. The van der Waals surface area contributed by atoms with E-state index < -0.39 is 28.4 Å². The number of hydrazone groups is 1. The van der Waals surface area contributed by atoms with Gasteiger partial charge in [0.1, 0.15) is 6.61 Å². The molecule has 1 aliphatic rings. The quantitative estimate of drug-likeness (QED) is 0.463. The van der Waals surface area contributed by atoms with Crippen LogP contribution in [0.3, 0.4) is 0 Å². The lowest BCUT2D eigenvalue weighted by molar-refractivity contribution is -0.385. The summed E-state index contributed by atoms with van der Waals surface area (Å²) in [5.74, 6) is 0.0995. The Morgan fingerprint density at radius 2 is 2.03 bits per heavy atom. The molecule has 0 fully saturated rings. The molecular weight excluding hydrogens is 378 g/mol. The van der Waals surface area contributed by atoms with Gasteiger partial charge in [0.05, 0.1) is 11.1 Å². The molecule has 1 atom stereocenters. The summed E-state index contributed by atoms with van der Waals surface area (Å²) in [6.45, 7) is 6.26. The summed E-state index contributed by atoms with van der Waals surface area (Å²) in [5, 5.41) is 24.1. The van der Waals surface area contributed by atoms with E-state index in [4.69, 9.17) is 9.47 Å². The van der Waals surface area contributed by atoms with Crippen LogP contribution in [0, 0.1) is 10.1 Å². The third-order valence-electron chi connectivity index (χ3n) is 4.35. The van der Waals surface area contributed by atoms with Gasteiger partial charge in [0, 0.05) is 11.6 Å². The minimum Gasteiger partial charge on any atom is -0.502 e. The maximum absolute atomic E-state index is 12.3. The Labute approximate surface area is 167 Å². The second-order valence-corrected chi connectivity index (χ2v) is 7.57. The Hall–Kier alpha value is -3.62. The van der Waals surface area contributed by atoms with Crippen LogP contribution in [0.2, 0.25) is 0 Å². The van der Waals surface area contributed by atoms with E-state index in [1.807, 2.05) is 18.2 Å². The molecule has 0 aromatic heterocycles. The van der Waals surface area contributed by atoms with E-state index in [1.54, 1.807) is 0 Å². The summed E-state index contributed by atoms with van der Waals surface area (Å²) in [6.07, 6.45) is 0.351. The van der Waals surface area contributed by atoms with Crippen LogP contribution < -0.4 is 14.9 Å². The average Bonchev–Trinajstić information content (AvgIpc) is 2.67. The standard InChI is InChI=1S/C20H21N3O6/c1-20(2,3)13-5-7-16-17(9-13)29-18(11-28-16)19(25)22-21-10-12-4-6-15(24)14(8-12)23(26)27/h4-10,18,24H,11H2,1-3H3,(H,22,25)/b21-10+. The number of carbonyl (C=O) groups is 1. The summed E-state index contributed by atoms with van der Waals surface area (Å²) < 4.78 is 11.4. The molecule has 3 rings (SSSR count). The van der Waals surface area contributed by atoms with Crippen molar-refractivity contribution in [2.24, 2.45) is 5.10 Å². The summed E-state index contributed by atoms with van der Waals surface area (Å²) in [6, 6.07) is 9.40. The van der Waals surface area contributed by atoms with Crippen molar-refractivity contribution in [2.75, 3.05) is 6.61 Å². The van der Waals surface area contributed by atoms with Gasteiger partial charge in [0.15, 0.2) is 17.2 Å². The second-order valence-electron chi connectivity index (χ2n) is 7.57. The number of carbonyl (C=O) groups excluding carboxylic acids is 1. The zero-order chi connectivity index (χ0) is 21.2. The van der Waals surface area contributed by atoms with Gasteiger partial charge in [0.25, 0.3) is 5.91 Å². The van der Waals surface area contributed by atoms with E-state index in [9.17, 15) is 20.0 Å². The van der Waals surface area contributed by atoms with Gasteiger partial charge in [-0.15, -0.1) is 0 Å². The van der Waals surface area contributed by atoms with Crippen LogP contribution in [0.1, 0.15) is 31.9 Å². The molecule has 2 aromatic rings. The zero-order valence-electron chi connectivity index (χ0n) is 16.2. The Morgan fingerprint density at radius 1 is 1.28 bits per heavy atom. The summed E-state index contributed by atoms with van der Waals surface area (Å²) in [7, 11) is 0. The molecule has 1 unspecified atom stereocenters. The van der Waals surface area contributed by atoms with Gasteiger partial charge in [-0.05, 0) is 35.2 Å². The number of nitro benzene ring substituents is 1. The zero-order valence-corrected chi connectivity index (χ0v) is 16.2. The molecule has 9 heteroatoms. The van der Waals surface area contributed by atoms with Crippen LogP contribution in [-0.2, 0) is 10.2 Å². The molecular formula is C20H21N3O6. The number of phenols is 1. The molecule has 2 aromatic carbocycles. The molecule has 0 saturated heterocycles. The monoisotopic (exact) mass is 399 g/mol. The number of ether oxygens (including phenoxy) is 2. The maximum Gasteiger partial charge on any atom is 0.311 e. The van der Waals surface area contributed by atoms with Gasteiger partial charge in [-0.1, -0.05) is 26.8 Å². The topological polar surface area (TPSA) is 123 Å². The number of nitrogens with one attached hydrogen (secondary N) is 1. The van der Waals surface area contributed by atoms with Gasteiger partial charge >= 0.3 is 5.69 Å². The Bertz CT molecular complexity index is 981. The van der Waals surface area contributed by atoms with Crippen molar-refractivity contribution in [2.45, 2.75) is 32.3 Å². The highest BCUT2D eigenvalue weighted by Gasteiger charge is 2.28. The van der Waals surface area contributed by atoms with E-state index in [0.717, 1.165) is 11.6 Å². The highest BCUT2D eigenvalue weighted by molar-refractivity contribution is 5.85. The summed E-state index contributed by atoms with van der Waals surface area (Å²) in [4.78, 5) is 22.5. The number of nitro groups is 1. The fourth-order valence-electron chi connectivity index (χ4n) is 2.68. The fourth-order valence-corrected chi connectivity index (χ4v) is 2.68. The van der Waals surface area contributed by atoms with Crippen molar-refractivity contribution < 1.29 is 24.3 Å². The van der Waals surface area contributed by atoms with Crippen LogP contribution >= 0.6 is 0 Å². The lowest BCUT2D eigenvalue weighted by Gasteiger charge is -2.27. The van der Waals surface area contributed by atoms with Gasteiger partial charge in [0.2, 0.25) is 6.10 Å². The highest BCUT2D eigenvalue weighted by Crippen LogP contribution is 2.36. The number of hydrogen-bond acceptors (Lipinski definition) is 7. The van der Waals surface area contributed by atoms with Crippen LogP contribution in [0.5, 0.6) is 17.2 Å². The number of hydrogen-bond donors (Lipinski definition) is 2. The number of phenolic OH excluding ortho intramolecular Hbond substituents is 1. The fraction of sp³-hybridized carbons (Fsp3) is 0.300. The SMILES string of the molecule is CC(C)(C)c1ccc2c(c1)OC(C(=O)N/N=C/c1ccc(O)c([N+](=O)[O-])c1)CO2. The van der Waals surface area contributed by atoms with Crippen LogP contribution in [0.4, 0.5) is 5.69 Å². The molecule has 1 heterocycles. The van der Waals surface area contributed by atoms with Crippen molar-refractivity contribution in [3.05, 3.63) is 57.6 Å². The van der Waals surface area contributed by atoms with Gasteiger partial charge in [-0.25, -0.2) is 5.43 Å². The highest BCUT2D eigenvalue weighted by atomic mass is 16.6. The second kappa shape index (κ2) is 7.78. The average molecular weight is 399 g/mol. The van der Waals surface area contributed by atoms with E-state index >= 15 is 0 Å². The normalized spacial score (nSPS) is 15.9. The Kier molecular flexibility index (Phi) is 5.40. The third-order valence-corrected chi connectivity index (χ3v) is 4.35. The number of aromatic hydroxyl groups is 1. The molecule has 9 nitrogen and oxygen atoms in total. The Balaban J connectivity index is 1.66. The molecule has 152 valence electrons. The number of nitrogens with zero attached hydrogens (tertiary/aromatic N) is 2. The van der Waals surface area contributed by atoms with E-state index in [1.165, 1.54) is 18.3 Å². The Morgan fingerprint density at radius 3 is 2.72 bits per heavy atom.